The Kier molecular flexibility index (Phi) is 4.13. The van der Waals surface area contributed by atoms with Gasteiger partial charge in [-0.05, 0) is 35.7 Å². The van der Waals surface area contributed by atoms with E-state index in [9.17, 15) is 15.3 Å². The molecule has 1 aromatic rings. The van der Waals surface area contributed by atoms with Gasteiger partial charge in [0.2, 0.25) is 0 Å². The zero-order valence-electron chi connectivity index (χ0n) is 8.78. The third kappa shape index (κ3) is 2.87. The maximum Gasteiger partial charge on any atom is 0.115 e. The van der Waals surface area contributed by atoms with Crippen molar-refractivity contribution in [3.05, 3.63) is 39.8 Å². The monoisotopic (exact) mass is 223 g/mol. The van der Waals surface area contributed by atoms with Crippen molar-refractivity contribution in [2.24, 2.45) is 5.11 Å². The lowest BCUT2D eigenvalue weighted by molar-refractivity contribution is 0.0239. The highest BCUT2D eigenvalue weighted by Gasteiger charge is 2.19. The molecule has 0 aliphatic rings. The molecular weight excluding hydrogens is 210 g/mol. The number of hydrogen-bond acceptors (Lipinski definition) is 4. The first-order valence-corrected chi connectivity index (χ1v) is 4.72. The highest BCUT2D eigenvalue weighted by Crippen LogP contribution is 2.24. The molecule has 1 rings (SSSR count). The van der Waals surface area contributed by atoms with E-state index >= 15 is 0 Å². The minimum atomic E-state index is -1.18. The fourth-order valence-corrected chi connectivity index (χ4v) is 1.37. The minimum Gasteiger partial charge on any atom is -0.508 e. The number of phenolic OH excluding ortho intramolecular Hbond substituents is 1. The fourth-order valence-electron chi connectivity index (χ4n) is 1.37. The van der Waals surface area contributed by atoms with Crippen LogP contribution >= 0.6 is 0 Å². The number of phenols is 1. The second-order valence-corrected chi connectivity index (χ2v) is 3.47. The summed E-state index contributed by atoms with van der Waals surface area (Å²) in [6.07, 6.45) is -2.37. The molecule has 0 aliphatic heterocycles. The molecule has 0 fully saturated rings. The van der Waals surface area contributed by atoms with E-state index in [1.54, 1.807) is 13.0 Å². The van der Waals surface area contributed by atoms with E-state index in [0.29, 0.717) is 5.56 Å². The summed E-state index contributed by atoms with van der Waals surface area (Å²) in [6.45, 7) is 1.53. The van der Waals surface area contributed by atoms with Gasteiger partial charge < -0.3 is 15.3 Å². The number of aryl methyl sites for hydroxylation is 1. The van der Waals surface area contributed by atoms with Crippen LogP contribution in [0.25, 0.3) is 10.4 Å². The Morgan fingerprint density at radius 3 is 2.75 bits per heavy atom. The summed E-state index contributed by atoms with van der Waals surface area (Å²) in [5, 5.41) is 31.7. The van der Waals surface area contributed by atoms with Gasteiger partial charge in [0.05, 0.1) is 12.6 Å². The smallest absolute Gasteiger partial charge is 0.115 e. The van der Waals surface area contributed by atoms with Gasteiger partial charge in [0.25, 0.3) is 0 Å². The van der Waals surface area contributed by atoms with Gasteiger partial charge in [0, 0.05) is 4.91 Å². The van der Waals surface area contributed by atoms with Crippen LogP contribution in [-0.4, -0.2) is 28.0 Å². The molecule has 0 bridgehead atoms. The van der Waals surface area contributed by atoms with Gasteiger partial charge in [0.15, 0.2) is 0 Å². The van der Waals surface area contributed by atoms with Crippen LogP contribution in [0.2, 0.25) is 0 Å². The maximum atomic E-state index is 9.78. The van der Waals surface area contributed by atoms with E-state index in [1.807, 2.05) is 0 Å². The Labute approximate surface area is 92.4 Å². The van der Waals surface area contributed by atoms with Crippen molar-refractivity contribution >= 4 is 0 Å². The van der Waals surface area contributed by atoms with Crippen molar-refractivity contribution in [2.75, 3.05) is 6.54 Å². The normalized spacial score (nSPS) is 13.9. The first-order chi connectivity index (χ1) is 7.56. The number of aromatic hydroxyl groups is 1. The number of benzene rings is 1. The third-order valence-electron chi connectivity index (χ3n) is 2.28. The van der Waals surface area contributed by atoms with Gasteiger partial charge in [0.1, 0.15) is 11.9 Å². The van der Waals surface area contributed by atoms with Crippen molar-refractivity contribution in [3.63, 3.8) is 0 Å². The standard InChI is InChI=1S/C10H13N3O3/c1-6-2-3-7(14)4-8(6)10(16)9(15)5-12-13-11/h2-4,9-10,14-16H,5H2,1H3. The Morgan fingerprint density at radius 2 is 2.12 bits per heavy atom. The van der Waals surface area contributed by atoms with Crippen LogP contribution in [0, 0.1) is 6.92 Å². The summed E-state index contributed by atoms with van der Waals surface area (Å²) >= 11 is 0. The second kappa shape index (κ2) is 5.37. The van der Waals surface area contributed by atoms with Crippen LogP contribution < -0.4 is 0 Å². The average Bonchev–Trinajstić information content (AvgIpc) is 2.28. The lowest BCUT2D eigenvalue weighted by Gasteiger charge is -2.18. The minimum absolute atomic E-state index is 0.00985. The molecule has 2 atom stereocenters. The zero-order chi connectivity index (χ0) is 12.1. The van der Waals surface area contributed by atoms with Crippen molar-refractivity contribution in [2.45, 2.75) is 19.1 Å². The van der Waals surface area contributed by atoms with Gasteiger partial charge >= 0.3 is 0 Å². The maximum absolute atomic E-state index is 9.78. The average molecular weight is 223 g/mol. The molecule has 1 aromatic carbocycles. The van der Waals surface area contributed by atoms with Crippen LogP contribution in [0.1, 0.15) is 17.2 Å². The van der Waals surface area contributed by atoms with Crippen molar-refractivity contribution in [1.29, 1.82) is 0 Å². The molecule has 16 heavy (non-hydrogen) atoms. The molecule has 0 aliphatic carbocycles. The van der Waals surface area contributed by atoms with Crippen LogP contribution in [0.15, 0.2) is 23.3 Å². The zero-order valence-corrected chi connectivity index (χ0v) is 8.78. The van der Waals surface area contributed by atoms with Crippen molar-refractivity contribution in [3.8, 4) is 5.75 Å². The molecular formula is C10H13N3O3. The highest BCUT2D eigenvalue weighted by atomic mass is 16.3. The second-order valence-electron chi connectivity index (χ2n) is 3.47. The fraction of sp³-hybridized carbons (Fsp3) is 0.400. The van der Waals surface area contributed by atoms with E-state index < -0.39 is 12.2 Å². The molecule has 86 valence electrons. The van der Waals surface area contributed by atoms with E-state index in [-0.39, 0.29) is 12.3 Å². The summed E-state index contributed by atoms with van der Waals surface area (Å²) in [4.78, 5) is 2.50. The van der Waals surface area contributed by atoms with Crippen LogP contribution in [0.5, 0.6) is 5.75 Å². The van der Waals surface area contributed by atoms with Crippen LogP contribution in [0.3, 0.4) is 0 Å². The van der Waals surface area contributed by atoms with E-state index in [4.69, 9.17) is 5.53 Å². The molecule has 0 aromatic heterocycles. The topological polar surface area (TPSA) is 109 Å². The first-order valence-electron chi connectivity index (χ1n) is 4.72. The largest absolute Gasteiger partial charge is 0.508 e. The molecule has 0 amide bonds. The number of azide groups is 1. The molecule has 0 spiro atoms. The van der Waals surface area contributed by atoms with Gasteiger partial charge in [-0.1, -0.05) is 11.2 Å². The van der Waals surface area contributed by atoms with Gasteiger partial charge in [-0.3, -0.25) is 0 Å². The Hall–Kier alpha value is -1.75. The highest BCUT2D eigenvalue weighted by molar-refractivity contribution is 5.35. The molecule has 6 heteroatoms. The SMILES string of the molecule is Cc1ccc(O)cc1C(O)C(O)CN=[N+]=[N-]. The summed E-state index contributed by atoms with van der Waals surface area (Å²) in [5.74, 6) is 0.00985. The summed E-state index contributed by atoms with van der Waals surface area (Å²) in [5.41, 5.74) is 9.25. The van der Waals surface area contributed by atoms with Gasteiger partial charge in [-0.15, -0.1) is 0 Å². The molecule has 0 saturated carbocycles. The Bertz CT molecular complexity index is 416. The Balaban J connectivity index is 2.90. The lowest BCUT2D eigenvalue weighted by Crippen LogP contribution is -2.21. The van der Waals surface area contributed by atoms with E-state index in [2.05, 4.69) is 10.0 Å². The summed E-state index contributed by atoms with van der Waals surface area (Å²) in [6, 6.07) is 4.50. The number of hydrogen-bond donors (Lipinski definition) is 3. The van der Waals surface area contributed by atoms with Gasteiger partial charge in [-0.25, -0.2) is 0 Å². The third-order valence-corrected chi connectivity index (χ3v) is 2.28. The molecule has 2 unspecified atom stereocenters. The molecule has 0 heterocycles. The molecule has 0 radical (unpaired) electrons. The van der Waals surface area contributed by atoms with Crippen LogP contribution in [0.4, 0.5) is 0 Å². The quantitative estimate of drug-likeness (QED) is 0.407. The predicted molar refractivity (Wildman–Crippen MR) is 57.8 cm³/mol. The summed E-state index contributed by atoms with van der Waals surface area (Å²) in [7, 11) is 0. The number of rotatable bonds is 4. The van der Waals surface area contributed by atoms with E-state index in [0.717, 1.165) is 5.56 Å². The number of aliphatic hydroxyl groups is 2. The van der Waals surface area contributed by atoms with Crippen molar-refractivity contribution < 1.29 is 15.3 Å². The molecule has 6 nitrogen and oxygen atoms in total. The summed E-state index contributed by atoms with van der Waals surface area (Å²) < 4.78 is 0. The number of nitrogens with zero attached hydrogens (tertiary/aromatic N) is 3. The van der Waals surface area contributed by atoms with E-state index in [1.165, 1.54) is 12.1 Å². The number of aliphatic hydroxyl groups excluding tert-OH is 2. The molecule has 0 saturated heterocycles. The molecule has 3 N–H and O–H groups in total. The Morgan fingerprint density at radius 1 is 1.44 bits per heavy atom. The lowest BCUT2D eigenvalue weighted by atomic mass is 9.99. The predicted octanol–water partition coefficient (Wildman–Crippen LogP) is 1.41. The van der Waals surface area contributed by atoms with Crippen molar-refractivity contribution in [1.82, 2.24) is 0 Å². The van der Waals surface area contributed by atoms with Gasteiger partial charge in [-0.2, -0.15) is 0 Å². The van der Waals surface area contributed by atoms with Crippen LogP contribution in [-0.2, 0) is 0 Å². The first kappa shape index (κ1) is 12.3.